The van der Waals surface area contributed by atoms with Crippen LogP contribution in [0.1, 0.15) is 26.1 Å². The number of pyridine rings is 1. The molecule has 0 amide bonds. The maximum Gasteiger partial charge on any atom is 0.199 e. The number of benzene rings is 2. The number of anilines is 1. The molecule has 2 aromatic heterocycles. The number of phenols is 1. The van der Waals surface area contributed by atoms with Crippen molar-refractivity contribution in [2.75, 3.05) is 32.5 Å². The fraction of sp³-hybridized carbons (Fsp3) is 0.364. The van der Waals surface area contributed by atoms with E-state index in [4.69, 9.17) is 0 Å². The Kier molecular flexibility index (Phi) is 5.70. The van der Waals surface area contributed by atoms with Crippen LogP contribution < -0.4 is 10.7 Å². The number of nitrogens with zero attached hydrogens (tertiary/aromatic N) is 3. The lowest BCUT2D eigenvalue weighted by molar-refractivity contribution is 0.405. The Balaban J connectivity index is 0.00000109. The first-order chi connectivity index (χ1) is 13.5. The Morgan fingerprint density at radius 1 is 1.18 bits per heavy atom. The van der Waals surface area contributed by atoms with Gasteiger partial charge in [0.25, 0.3) is 0 Å². The molecular weight excluding hydrogens is 352 g/mol. The molecule has 0 unspecified atom stereocenters. The third-order valence-electron chi connectivity index (χ3n) is 4.78. The average Bonchev–Trinajstić information content (AvgIpc) is 3.01. The van der Waals surface area contributed by atoms with Gasteiger partial charge in [0.2, 0.25) is 0 Å². The lowest BCUT2D eigenvalue weighted by Crippen LogP contribution is -2.17. The van der Waals surface area contributed by atoms with Crippen LogP contribution >= 0.6 is 0 Å². The minimum atomic E-state index is -0.0796. The van der Waals surface area contributed by atoms with E-state index in [1.54, 1.807) is 12.1 Å². The van der Waals surface area contributed by atoms with Crippen LogP contribution in [0.2, 0.25) is 0 Å². The van der Waals surface area contributed by atoms with Gasteiger partial charge < -0.3 is 15.3 Å². The van der Waals surface area contributed by atoms with Crippen LogP contribution in [0.25, 0.3) is 27.3 Å². The second-order valence-corrected chi connectivity index (χ2v) is 6.96. The second-order valence-electron chi connectivity index (χ2n) is 6.96. The van der Waals surface area contributed by atoms with Gasteiger partial charge in [0, 0.05) is 12.2 Å². The van der Waals surface area contributed by atoms with Crippen molar-refractivity contribution in [3.8, 4) is 5.75 Å². The molecule has 6 nitrogen and oxygen atoms in total. The molecule has 4 aromatic rings. The van der Waals surface area contributed by atoms with E-state index in [1.165, 1.54) is 6.07 Å². The normalized spacial score (nSPS) is 11.4. The Morgan fingerprint density at radius 2 is 1.93 bits per heavy atom. The quantitative estimate of drug-likeness (QED) is 0.407. The Bertz CT molecular complexity index is 1160. The summed E-state index contributed by atoms with van der Waals surface area (Å²) in [5.74, 6) is 0.913. The zero-order valence-electron chi connectivity index (χ0n) is 17.2. The molecule has 0 atom stereocenters. The van der Waals surface area contributed by atoms with Crippen molar-refractivity contribution in [2.45, 2.75) is 27.2 Å². The molecule has 6 heteroatoms. The summed E-state index contributed by atoms with van der Waals surface area (Å²) in [4.78, 5) is 20.0. The highest BCUT2D eigenvalue weighted by molar-refractivity contribution is 6.07. The summed E-state index contributed by atoms with van der Waals surface area (Å²) in [6.45, 7) is 7.69. The Hall–Kier alpha value is -2.86. The average molecular weight is 380 g/mol. The molecule has 2 heterocycles. The van der Waals surface area contributed by atoms with Crippen LogP contribution in [0, 0.1) is 6.92 Å². The van der Waals surface area contributed by atoms with Gasteiger partial charge in [0.1, 0.15) is 11.6 Å². The van der Waals surface area contributed by atoms with Gasteiger partial charge in [-0.15, -0.1) is 0 Å². The molecule has 0 radical (unpaired) electrons. The number of rotatable bonds is 5. The number of aryl methyl sites for hydroxylation is 1. The first-order valence-electron chi connectivity index (χ1n) is 9.76. The van der Waals surface area contributed by atoms with Gasteiger partial charge in [-0.1, -0.05) is 13.8 Å². The topological polar surface area (TPSA) is 69.9 Å². The van der Waals surface area contributed by atoms with Crippen molar-refractivity contribution in [1.82, 2.24) is 14.3 Å². The van der Waals surface area contributed by atoms with E-state index < -0.39 is 0 Å². The minimum absolute atomic E-state index is 0.0796. The summed E-state index contributed by atoms with van der Waals surface area (Å²) in [6.07, 6.45) is 0.980. The van der Waals surface area contributed by atoms with Crippen LogP contribution in [0.4, 0.5) is 5.69 Å². The summed E-state index contributed by atoms with van der Waals surface area (Å²) < 4.78 is 2.01. The summed E-state index contributed by atoms with van der Waals surface area (Å²) >= 11 is 0. The van der Waals surface area contributed by atoms with Gasteiger partial charge in [-0.3, -0.25) is 9.20 Å². The SMILES string of the molecule is CC.Cc1nc2ccc(NCCCN(C)C)c3c(=O)c4cc(O)ccc4n1c23. The minimum Gasteiger partial charge on any atom is -0.508 e. The number of fused-ring (bicyclic) bond motifs is 2. The number of hydrogen-bond acceptors (Lipinski definition) is 5. The van der Waals surface area contributed by atoms with E-state index in [0.29, 0.717) is 10.8 Å². The molecule has 0 fully saturated rings. The number of aromatic nitrogens is 2. The molecule has 0 bridgehead atoms. The zero-order valence-corrected chi connectivity index (χ0v) is 17.2. The van der Waals surface area contributed by atoms with Crippen LogP contribution in [0.3, 0.4) is 0 Å². The van der Waals surface area contributed by atoms with Crippen molar-refractivity contribution < 1.29 is 5.11 Å². The maximum atomic E-state index is 13.2. The summed E-state index contributed by atoms with van der Waals surface area (Å²) in [5.41, 5.74) is 3.15. The molecule has 0 aliphatic heterocycles. The first kappa shape index (κ1) is 19.9. The van der Waals surface area contributed by atoms with Gasteiger partial charge in [-0.25, -0.2) is 4.98 Å². The summed E-state index contributed by atoms with van der Waals surface area (Å²) in [5, 5.41) is 14.4. The van der Waals surface area contributed by atoms with Crippen LogP contribution in [0.15, 0.2) is 35.1 Å². The standard InChI is InChI=1S/C20H22N4O2.C2H6/c1-12-22-16-7-6-15(21-9-4-10-23(2)3)18-19(16)24(12)17-8-5-13(25)11-14(17)20(18)26;1-2/h5-8,11,21,25H,4,9-10H2,1-3H3;1-2H3. The molecular formula is C22H28N4O2. The summed E-state index contributed by atoms with van der Waals surface area (Å²) in [6, 6.07) is 8.79. The second kappa shape index (κ2) is 8.02. The van der Waals surface area contributed by atoms with Gasteiger partial charge in [0.05, 0.1) is 27.3 Å². The van der Waals surface area contributed by atoms with Gasteiger partial charge in [-0.05, 0) is 64.3 Å². The molecule has 0 saturated carbocycles. The first-order valence-corrected chi connectivity index (χ1v) is 9.76. The number of aromatic hydroxyl groups is 1. The van der Waals surface area contributed by atoms with E-state index in [0.717, 1.165) is 47.6 Å². The maximum absolute atomic E-state index is 13.2. The van der Waals surface area contributed by atoms with E-state index in [1.807, 2.05) is 51.4 Å². The smallest absolute Gasteiger partial charge is 0.199 e. The molecule has 0 saturated heterocycles. The van der Waals surface area contributed by atoms with Crippen LogP contribution in [-0.4, -0.2) is 46.6 Å². The van der Waals surface area contributed by atoms with E-state index in [9.17, 15) is 9.90 Å². The molecule has 2 aromatic carbocycles. The molecule has 0 spiro atoms. The van der Waals surface area contributed by atoms with Gasteiger partial charge >= 0.3 is 0 Å². The van der Waals surface area contributed by atoms with E-state index in [-0.39, 0.29) is 11.2 Å². The number of nitrogens with one attached hydrogen (secondary N) is 1. The fourth-order valence-corrected chi connectivity index (χ4v) is 3.61. The number of phenolic OH excluding ortho intramolecular Hbond substituents is 1. The molecule has 0 aliphatic carbocycles. The zero-order chi connectivity index (χ0) is 20.4. The third kappa shape index (κ3) is 3.36. The summed E-state index contributed by atoms with van der Waals surface area (Å²) in [7, 11) is 4.09. The molecule has 4 rings (SSSR count). The molecule has 28 heavy (non-hydrogen) atoms. The van der Waals surface area contributed by atoms with Crippen molar-refractivity contribution in [3.05, 3.63) is 46.4 Å². The van der Waals surface area contributed by atoms with Crippen molar-refractivity contribution in [1.29, 1.82) is 0 Å². The molecule has 2 N–H and O–H groups in total. The highest BCUT2D eigenvalue weighted by atomic mass is 16.3. The third-order valence-corrected chi connectivity index (χ3v) is 4.78. The largest absolute Gasteiger partial charge is 0.508 e. The highest BCUT2D eigenvalue weighted by Gasteiger charge is 2.18. The highest BCUT2D eigenvalue weighted by Crippen LogP contribution is 2.30. The van der Waals surface area contributed by atoms with E-state index in [2.05, 4.69) is 15.2 Å². The van der Waals surface area contributed by atoms with E-state index >= 15 is 0 Å². The monoisotopic (exact) mass is 380 g/mol. The van der Waals surface area contributed by atoms with Gasteiger partial charge in [-0.2, -0.15) is 0 Å². The van der Waals surface area contributed by atoms with Gasteiger partial charge in [0.15, 0.2) is 5.43 Å². The Morgan fingerprint density at radius 3 is 2.64 bits per heavy atom. The predicted octanol–water partition coefficient (Wildman–Crippen LogP) is 3.84. The van der Waals surface area contributed by atoms with Crippen molar-refractivity contribution >= 4 is 33.0 Å². The van der Waals surface area contributed by atoms with Crippen molar-refractivity contribution in [2.24, 2.45) is 0 Å². The Labute approximate surface area is 164 Å². The number of imidazole rings is 1. The van der Waals surface area contributed by atoms with Crippen molar-refractivity contribution in [3.63, 3.8) is 0 Å². The lowest BCUT2D eigenvalue weighted by Gasteiger charge is -2.13. The van der Waals surface area contributed by atoms with Crippen LogP contribution in [-0.2, 0) is 0 Å². The predicted molar refractivity (Wildman–Crippen MR) is 117 cm³/mol. The molecule has 0 aliphatic rings. The lowest BCUT2D eigenvalue weighted by atomic mass is 10.1. The fourth-order valence-electron chi connectivity index (χ4n) is 3.61. The number of hydrogen-bond donors (Lipinski definition) is 2. The molecule has 148 valence electrons. The van der Waals surface area contributed by atoms with Crippen LogP contribution in [0.5, 0.6) is 5.75 Å².